The topological polar surface area (TPSA) is 53.6 Å². The number of nitrogens with zero attached hydrogens (tertiary/aromatic N) is 1. The first-order valence-electron chi connectivity index (χ1n) is 8.59. The number of rotatable bonds is 9. The van der Waals surface area contributed by atoms with E-state index in [1.165, 1.54) is 11.3 Å². The van der Waals surface area contributed by atoms with Gasteiger partial charge >= 0.3 is 0 Å². The maximum absolute atomic E-state index is 11.8. The van der Waals surface area contributed by atoms with Crippen LogP contribution in [0, 0.1) is 6.92 Å². The number of amides is 1. The number of likely N-dealkylation sites (N-methyl/N-ethyl adjacent to an activating group) is 1. The molecular formula is C18H29N3O2. The number of benzene rings is 1. The third kappa shape index (κ3) is 6.20. The zero-order valence-electron chi connectivity index (χ0n) is 14.3. The Hall–Kier alpha value is -1.59. The van der Waals surface area contributed by atoms with Gasteiger partial charge in [0, 0.05) is 38.5 Å². The van der Waals surface area contributed by atoms with Gasteiger partial charge in [0.2, 0.25) is 5.91 Å². The van der Waals surface area contributed by atoms with E-state index in [1.807, 2.05) is 0 Å². The smallest absolute Gasteiger partial charge is 0.234 e. The maximum atomic E-state index is 11.8. The van der Waals surface area contributed by atoms with Crippen LogP contribution in [0.15, 0.2) is 24.3 Å². The minimum absolute atomic E-state index is 0.0447. The summed E-state index contributed by atoms with van der Waals surface area (Å²) in [6.07, 6.45) is 2.50. The number of nitrogens with one attached hydrogen (secondary N) is 2. The van der Waals surface area contributed by atoms with E-state index in [0.29, 0.717) is 13.1 Å². The summed E-state index contributed by atoms with van der Waals surface area (Å²) in [5, 5.41) is 6.14. The molecule has 0 aliphatic carbocycles. The summed E-state index contributed by atoms with van der Waals surface area (Å²) in [5.41, 5.74) is 2.46. The fourth-order valence-corrected chi connectivity index (χ4v) is 2.84. The van der Waals surface area contributed by atoms with Crippen LogP contribution in [0.3, 0.4) is 0 Å². The Labute approximate surface area is 139 Å². The molecular weight excluding hydrogens is 290 g/mol. The Morgan fingerprint density at radius 2 is 2.30 bits per heavy atom. The average Bonchev–Trinajstić information content (AvgIpc) is 3.05. The summed E-state index contributed by atoms with van der Waals surface area (Å²) in [6.45, 7) is 8.60. The Kier molecular flexibility index (Phi) is 7.36. The van der Waals surface area contributed by atoms with Gasteiger partial charge in [-0.1, -0.05) is 12.1 Å². The first-order valence-corrected chi connectivity index (χ1v) is 8.59. The molecule has 128 valence electrons. The second-order valence-electron chi connectivity index (χ2n) is 6.03. The van der Waals surface area contributed by atoms with E-state index in [0.717, 1.165) is 39.1 Å². The highest BCUT2D eigenvalue weighted by Gasteiger charge is 2.15. The fourth-order valence-electron chi connectivity index (χ4n) is 2.84. The van der Waals surface area contributed by atoms with Gasteiger partial charge in [0.25, 0.3) is 0 Å². The van der Waals surface area contributed by atoms with Gasteiger partial charge in [0.05, 0.1) is 12.6 Å². The minimum Gasteiger partial charge on any atom is -0.377 e. The van der Waals surface area contributed by atoms with Gasteiger partial charge in [-0.3, -0.25) is 4.79 Å². The molecule has 1 aliphatic rings. The van der Waals surface area contributed by atoms with E-state index in [4.69, 9.17) is 4.74 Å². The van der Waals surface area contributed by atoms with Crippen LogP contribution in [0.5, 0.6) is 0 Å². The fraction of sp³-hybridized carbons (Fsp3) is 0.611. The molecule has 2 rings (SSSR count). The lowest BCUT2D eigenvalue weighted by molar-refractivity contribution is -0.120. The van der Waals surface area contributed by atoms with E-state index in [-0.39, 0.29) is 12.0 Å². The third-order valence-electron chi connectivity index (χ3n) is 4.13. The van der Waals surface area contributed by atoms with Crippen LogP contribution in [0.25, 0.3) is 0 Å². The van der Waals surface area contributed by atoms with Crippen LogP contribution in [0.2, 0.25) is 0 Å². The Bertz CT molecular complexity index is 487. The van der Waals surface area contributed by atoms with Crippen LogP contribution in [0.1, 0.15) is 25.3 Å². The van der Waals surface area contributed by atoms with Gasteiger partial charge in [0.15, 0.2) is 0 Å². The van der Waals surface area contributed by atoms with Crippen molar-refractivity contribution >= 4 is 11.6 Å². The molecule has 1 saturated heterocycles. The van der Waals surface area contributed by atoms with Gasteiger partial charge in [-0.25, -0.2) is 0 Å². The predicted octanol–water partition coefficient (Wildman–Crippen LogP) is 1.71. The highest BCUT2D eigenvalue weighted by molar-refractivity contribution is 5.78. The van der Waals surface area contributed by atoms with Gasteiger partial charge in [-0.15, -0.1) is 0 Å². The molecule has 1 fully saturated rings. The standard InChI is InChI=1S/C18H29N3O2/c1-3-21(16-7-4-6-15(2)12-16)10-9-20-18(22)14-19-13-17-8-5-11-23-17/h4,6-7,12,17,19H,3,5,8-11,13-14H2,1-2H3,(H,20,22). The number of aryl methyl sites for hydroxylation is 1. The molecule has 1 amide bonds. The van der Waals surface area contributed by atoms with Crippen molar-refractivity contribution in [3.63, 3.8) is 0 Å². The van der Waals surface area contributed by atoms with Gasteiger partial charge < -0.3 is 20.3 Å². The van der Waals surface area contributed by atoms with Crippen LogP contribution >= 0.6 is 0 Å². The van der Waals surface area contributed by atoms with E-state index in [1.54, 1.807) is 0 Å². The molecule has 1 aromatic carbocycles. The average molecular weight is 319 g/mol. The molecule has 1 unspecified atom stereocenters. The molecule has 1 heterocycles. The summed E-state index contributed by atoms with van der Waals surface area (Å²) >= 11 is 0. The van der Waals surface area contributed by atoms with Crippen molar-refractivity contribution < 1.29 is 9.53 Å². The monoisotopic (exact) mass is 319 g/mol. The minimum atomic E-state index is 0.0447. The van der Waals surface area contributed by atoms with Crippen molar-refractivity contribution in [2.24, 2.45) is 0 Å². The highest BCUT2D eigenvalue weighted by Crippen LogP contribution is 2.15. The van der Waals surface area contributed by atoms with Crippen molar-refractivity contribution in [1.82, 2.24) is 10.6 Å². The second kappa shape index (κ2) is 9.53. The first kappa shape index (κ1) is 17.8. The predicted molar refractivity (Wildman–Crippen MR) is 93.9 cm³/mol. The molecule has 1 aliphatic heterocycles. The van der Waals surface area contributed by atoms with Crippen LogP contribution in [-0.4, -0.2) is 51.3 Å². The third-order valence-corrected chi connectivity index (χ3v) is 4.13. The summed E-state index contributed by atoms with van der Waals surface area (Å²) < 4.78 is 5.52. The van der Waals surface area contributed by atoms with Crippen LogP contribution in [-0.2, 0) is 9.53 Å². The second-order valence-corrected chi connectivity index (χ2v) is 6.03. The lowest BCUT2D eigenvalue weighted by Crippen LogP contribution is -2.40. The van der Waals surface area contributed by atoms with E-state index < -0.39 is 0 Å². The van der Waals surface area contributed by atoms with Gasteiger partial charge in [-0.05, 0) is 44.4 Å². The molecule has 0 spiro atoms. The normalized spacial score (nSPS) is 17.2. The quantitative estimate of drug-likeness (QED) is 0.727. The van der Waals surface area contributed by atoms with E-state index >= 15 is 0 Å². The van der Waals surface area contributed by atoms with Gasteiger partial charge in [0.1, 0.15) is 0 Å². The Balaban J connectivity index is 1.63. The largest absolute Gasteiger partial charge is 0.377 e. The van der Waals surface area contributed by atoms with Crippen molar-refractivity contribution in [3.8, 4) is 0 Å². The molecule has 0 aromatic heterocycles. The summed E-state index contributed by atoms with van der Waals surface area (Å²) in [7, 11) is 0. The number of carbonyl (C=O) groups excluding carboxylic acids is 1. The van der Waals surface area contributed by atoms with Crippen LogP contribution in [0.4, 0.5) is 5.69 Å². The highest BCUT2D eigenvalue weighted by atomic mass is 16.5. The lowest BCUT2D eigenvalue weighted by Gasteiger charge is -2.23. The number of carbonyl (C=O) groups is 1. The molecule has 5 nitrogen and oxygen atoms in total. The maximum Gasteiger partial charge on any atom is 0.234 e. The molecule has 5 heteroatoms. The zero-order valence-corrected chi connectivity index (χ0v) is 14.3. The van der Waals surface area contributed by atoms with Crippen molar-refractivity contribution in [3.05, 3.63) is 29.8 Å². The number of hydrogen-bond acceptors (Lipinski definition) is 4. The van der Waals surface area contributed by atoms with E-state index in [2.05, 4.69) is 53.6 Å². The molecule has 2 N–H and O–H groups in total. The molecule has 23 heavy (non-hydrogen) atoms. The molecule has 0 bridgehead atoms. The zero-order chi connectivity index (χ0) is 16.5. The van der Waals surface area contributed by atoms with E-state index in [9.17, 15) is 4.79 Å². The molecule has 0 radical (unpaired) electrons. The summed E-state index contributed by atoms with van der Waals surface area (Å²) in [4.78, 5) is 14.1. The SMILES string of the molecule is CCN(CCNC(=O)CNCC1CCCO1)c1cccc(C)c1. The van der Waals surface area contributed by atoms with Crippen molar-refractivity contribution in [1.29, 1.82) is 0 Å². The first-order chi connectivity index (χ1) is 11.2. The van der Waals surface area contributed by atoms with Gasteiger partial charge in [-0.2, -0.15) is 0 Å². The number of ether oxygens (including phenoxy) is 1. The lowest BCUT2D eigenvalue weighted by atomic mass is 10.2. The Morgan fingerprint density at radius 1 is 1.43 bits per heavy atom. The Morgan fingerprint density at radius 3 is 3.00 bits per heavy atom. The van der Waals surface area contributed by atoms with Crippen molar-refractivity contribution in [2.75, 3.05) is 44.2 Å². The number of hydrogen-bond donors (Lipinski definition) is 2. The summed E-state index contributed by atoms with van der Waals surface area (Å²) in [5.74, 6) is 0.0447. The summed E-state index contributed by atoms with van der Waals surface area (Å²) in [6, 6.07) is 8.45. The molecule has 1 atom stereocenters. The van der Waals surface area contributed by atoms with Crippen molar-refractivity contribution in [2.45, 2.75) is 32.8 Å². The van der Waals surface area contributed by atoms with Crippen LogP contribution < -0.4 is 15.5 Å². The number of anilines is 1. The molecule has 1 aromatic rings. The molecule has 0 saturated carbocycles.